The predicted molar refractivity (Wildman–Crippen MR) is 155 cm³/mol. The molecule has 1 aliphatic carbocycles. The van der Waals surface area contributed by atoms with Crippen LogP contribution >= 0.6 is 24.8 Å². The number of aromatic nitrogens is 2. The second-order valence-electron chi connectivity index (χ2n) is 9.43. The average Bonchev–Trinajstić information content (AvgIpc) is 3.21. The van der Waals surface area contributed by atoms with Gasteiger partial charge < -0.3 is 26.5 Å². The minimum Gasteiger partial charge on any atom is -0.478 e. The number of nitrogens with zero attached hydrogens (tertiary/aromatic N) is 3. The van der Waals surface area contributed by atoms with Gasteiger partial charge in [-0.25, -0.2) is 9.78 Å². The molecular weight excluding hydrogens is 527 g/mol. The van der Waals surface area contributed by atoms with Crippen LogP contribution in [0.25, 0.3) is 11.0 Å². The number of carbonyl (C=O) groups excluding carboxylic acids is 1. The number of aryl methyl sites for hydroxylation is 3. The number of amidine groups is 1. The lowest BCUT2D eigenvalue weighted by Gasteiger charge is -2.32. The number of halogens is 2. The summed E-state index contributed by atoms with van der Waals surface area (Å²) in [5.74, 6) is 0.208. The number of hydrogen-bond acceptors (Lipinski definition) is 5. The maximum atomic E-state index is 12.9. The largest absolute Gasteiger partial charge is 0.478 e. The standard InChI is InChI=1S/C27H34N6O3.2ClH/c1-33-22-11-10-20(25(34)35)17-21(22)31-23(33)12-7-18-5-8-19(9-6-18)24(29)32-27(13-3-2-4-14-27)26(36)30-16-15-28;;/h5-6,8-11,17H,2-4,7,12-16,28H2,1H3,(H2,29,32)(H,30,36)(H,34,35);2*1H. The van der Waals surface area contributed by atoms with Gasteiger partial charge in [-0.3, -0.25) is 9.79 Å². The monoisotopic (exact) mass is 562 g/mol. The topological polar surface area (TPSA) is 149 Å². The number of carbonyl (C=O) groups is 2. The third-order valence-corrected chi connectivity index (χ3v) is 6.98. The fourth-order valence-corrected chi connectivity index (χ4v) is 4.88. The van der Waals surface area contributed by atoms with Crippen LogP contribution in [-0.4, -0.2) is 51.0 Å². The molecule has 0 bridgehead atoms. The Morgan fingerprint density at radius 1 is 1.05 bits per heavy atom. The van der Waals surface area contributed by atoms with E-state index in [4.69, 9.17) is 16.5 Å². The second-order valence-corrected chi connectivity index (χ2v) is 9.43. The van der Waals surface area contributed by atoms with Crippen molar-refractivity contribution in [2.75, 3.05) is 13.1 Å². The summed E-state index contributed by atoms with van der Waals surface area (Å²) >= 11 is 0. The van der Waals surface area contributed by atoms with Crippen molar-refractivity contribution < 1.29 is 14.7 Å². The van der Waals surface area contributed by atoms with Crippen LogP contribution in [0.2, 0.25) is 0 Å². The van der Waals surface area contributed by atoms with Gasteiger partial charge in [0, 0.05) is 32.1 Å². The van der Waals surface area contributed by atoms with Crippen LogP contribution in [0.5, 0.6) is 0 Å². The van der Waals surface area contributed by atoms with E-state index in [0.717, 1.165) is 48.2 Å². The molecule has 2 aromatic carbocycles. The quantitative estimate of drug-likeness (QED) is 0.232. The Kier molecular flexibility index (Phi) is 11.1. The molecule has 0 aliphatic heterocycles. The summed E-state index contributed by atoms with van der Waals surface area (Å²) in [5, 5.41) is 12.1. The summed E-state index contributed by atoms with van der Waals surface area (Å²) in [6.45, 7) is 0.817. The Bertz CT molecular complexity index is 1280. The summed E-state index contributed by atoms with van der Waals surface area (Å²) in [6.07, 6.45) is 5.86. The molecule has 1 aromatic heterocycles. The molecule has 6 N–H and O–H groups in total. The van der Waals surface area contributed by atoms with Crippen molar-refractivity contribution in [3.8, 4) is 0 Å². The van der Waals surface area contributed by atoms with E-state index in [1.807, 2.05) is 35.9 Å². The van der Waals surface area contributed by atoms with Crippen LogP contribution in [0.4, 0.5) is 0 Å². The SMILES string of the molecule is Cl.Cl.Cn1c(CCc2ccc(C(N)=NC3(C(=O)NCCN)CCCCC3)cc2)nc2cc(C(=O)O)ccc21. The van der Waals surface area contributed by atoms with Crippen molar-refractivity contribution in [2.45, 2.75) is 50.5 Å². The van der Waals surface area contributed by atoms with Gasteiger partial charge in [0.1, 0.15) is 17.2 Å². The first kappa shape index (κ1) is 31.1. The fourth-order valence-electron chi connectivity index (χ4n) is 4.88. The van der Waals surface area contributed by atoms with Crippen molar-refractivity contribution in [1.29, 1.82) is 0 Å². The number of nitrogens with one attached hydrogen (secondary N) is 1. The molecule has 1 amide bonds. The van der Waals surface area contributed by atoms with Gasteiger partial charge in [-0.1, -0.05) is 43.5 Å². The lowest BCUT2D eigenvalue weighted by atomic mass is 9.81. The number of rotatable bonds is 9. The number of carboxylic acids is 1. The maximum Gasteiger partial charge on any atom is 0.335 e. The number of imidazole rings is 1. The zero-order valence-corrected chi connectivity index (χ0v) is 23.1. The third kappa shape index (κ3) is 6.83. The highest BCUT2D eigenvalue weighted by molar-refractivity contribution is 6.00. The molecule has 38 heavy (non-hydrogen) atoms. The third-order valence-electron chi connectivity index (χ3n) is 6.98. The molecule has 0 atom stereocenters. The van der Waals surface area contributed by atoms with Crippen LogP contribution in [0.15, 0.2) is 47.5 Å². The van der Waals surface area contributed by atoms with Gasteiger partial charge in [-0.05, 0) is 43.0 Å². The Morgan fingerprint density at radius 3 is 2.34 bits per heavy atom. The molecule has 0 spiro atoms. The molecule has 3 aromatic rings. The molecule has 9 nitrogen and oxygen atoms in total. The number of aromatic carboxylic acids is 1. The van der Waals surface area contributed by atoms with Crippen molar-refractivity contribution in [1.82, 2.24) is 14.9 Å². The molecule has 11 heteroatoms. The molecule has 1 fully saturated rings. The number of aliphatic imine (C=N–C) groups is 1. The molecule has 4 rings (SSSR count). The Balaban J connectivity index is 0.00000253. The molecule has 0 saturated heterocycles. The first-order valence-electron chi connectivity index (χ1n) is 12.4. The van der Waals surface area contributed by atoms with Gasteiger partial charge >= 0.3 is 5.97 Å². The van der Waals surface area contributed by atoms with Crippen molar-refractivity contribution >= 4 is 53.6 Å². The zero-order chi connectivity index (χ0) is 25.7. The number of carboxylic acid groups (broad SMARTS) is 1. The first-order chi connectivity index (χ1) is 17.3. The fraction of sp³-hybridized carbons (Fsp3) is 0.407. The normalized spacial score (nSPS) is 14.8. The lowest BCUT2D eigenvalue weighted by molar-refractivity contribution is -0.127. The van der Waals surface area contributed by atoms with E-state index in [-0.39, 0.29) is 36.3 Å². The maximum absolute atomic E-state index is 12.9. The minimum absolute atomic E-state index is 0. The molecule has 0 unspecified atom stereocenters. The van der Waals surface area contributed by atoms with Gasteiger partial charge in [0.15, 0.2) is 0 Å². The van der Waals surface area contributed by atoms with Gasteiger partial charge in [-0.2, -0.15) is 0 Å². The van der Waals surface area contributed by atoms with Crippen LogP contribution in [-0.2, 0) is 24.7 Å². The highest BCUT2D eigenvalue weighted by Gasteiger charge is 2.39. The summed E-state index contributed by atoms with van der Waals surface area (Å²) < 4.78 is 2.00. The lowest BCUT2D eigenvalue weighted by Crippen LogP contribution is -2.49. The van der Waals surface area contributed by atoms with E-state index in [1.165, 1.54) is 0 Å². The average molecular weight is 564 g/mol. The van der Waals surface area contributed by atoms with Gasteiger partial charge in [0.25, 0.3) is 0 Å². The molecule has 1 heterocycles. The Hall–Kier alpha value is -3.14. The van der Waals surface area contributed by atoms with E-state index in [2.05, 4.69) is 10.3 Å². The Morgan fingerprint density at radius 2 is 1.71 bits per heavy atom. The number of fused-ring (bicyclic) bond motifs is 1. The molecule has 206 valence electrons. The predicted octanol–water partition coefficient (Wildman–Crippen LogP) is 3.38. The van der Waals surface area contributed by atoms with Crippen LogP contribution < -0.4 is 16.8 Å². The van der Waals surface area contributed by atoms with E-state index in [1.54, 1.807) is 18.2 Å². The van der Waals surface area contributed by atoms with Crippen LogP contribution in [0.1, 0.15) is 59.4 Å². The van der Waals surface area contributed by atoms with Gasteiger partial charge in [-0.15, -0.1) is 24.8 Å². The van der Waals surface area contributed by atoms with Gasteiger partial charge in [0.2, 0.25) is 5.91 Å². The second kappa shape index (κ2) is 13.6. The molecule has 1 aliphatic rings. The highest BCUT2D eigenvalue weighted by atomic mass is 35.5. The van der Waals surface area contributed by atoms with E-state index < -0.39 is 11.5 Å². The summed E-state index contributed by atoms with van der Waals surface area (Å²) in [6, 6.07) is 12.9. The van der Waals surface area contributed by atoms with Crippen LogP contribution in [0.3, 0.4) is 0 Å². The molecule has 1 saturated carbocycles. The van der Waals surface area contributed by atoms with Gasteiger partial charge in [0.05, 0.1) is 16.6 Å². The van der Waals surface area contributed by atoms with E-state index >= 15 is 0 Å². The number of hydrogen-bond donors (Lipinski definition) is 4. The van der Waals surface area contributed by atoms with E-state index in [9.17, 15) is 14.7 Å². The summed E-state index contributed by atoms with van der Waals surface area (Å²) in [4.78, 5) is 33.5. The zero-order valence-electron chi connectivity index (χ0n) is 21.5. The summed E-state index contributed by atoms with van der Waals surface area (Å²) in [5.41, 5.74) is 14.8. The highest BCUT2D eigenvalue weighted by Crippen LogP contribution is 2.32. The minimum atomic E-state index is -0.961. The number of nitrogens with two attached hydrogens (primary N) is 2. The Labute approximate surface area is 234 Å². The summed E-state index contributed by atoms with van der Waals surface area (Å²) in [7, 11) is 1.94. The molecular formula is C27H36Cl2N6O3. The number of amides is 1. The van der Waals surface area contributed by atoms with Crippen molar-refractivity contribution in [3.05, 3.63) is 65.0 Å². The van der Waals surface area contributed by atoms with E-state index in [0.29, 0.717) is 43.7 Å². The van der Waals surface area contributed by atoms with Crippen molar-refractivity contribution in [3.63, 3.8) is 0 Å². The number of benzene rings is 2. The van der Waals surface area contributed by atoms with Crippen molar-refractivity contribution in [2.24, 2.45) is 23.5 Å². The first-order valence-corrected chi connectivity index (χ1v) is 12.4. The smallest absolute Gasteiger partial charge is 0.335 e. The van der Waals surface area contributed by atoms with Crippen LogP contribution in [0, 0.1) is 0 Å². The molecule has 0 radical (unpaired) electrons.